The Labute approximate surface area is 121 Å². The molecule has 2 rings (SSSR count). The summed E-state index contributed by atoms with van der Waals surface area (Å²) in [5.74, 6) is -1.30. The van der Waals surface area contributed by atoms with Crippen LogP contribution in [0.3, 0.4) is 0 Å². The average Bonchev–Trinajstić information content (AvgIpc) is 2.46. The van der Waals surface area contributed by atoms with Crippen molar-refractivity contribution in [3.05, 3.63) is 75.8 Å². The number of nitro groups is 1. The number of carbonyl (C=O) groups excluding carboxylic acids is 1. The summed E-state index contributed by atoms with van der Waals surface area (Å²) in [6, 6.07) is 14.2. The Balaban J connectivity index is 0.00000220. The summed E-state index contributed by atoms with van der Waals surface area (Å²) >= 11 is 0. The SMILES string of the molecule is O=C([O-])/C(=C/c1ccc([N+](=O)[O-])cc1)c1ccccc1.[NH4+]. The van der Waals surface area contributed by atoms with Crippen LogP contribution in [0.15, 0.2) is 54.6 Å². The maximum atomic E-state index is 11.2. The van der Waals surface area contributed by atoms with Gasteiger partial charge in [0, 0.05) is 17.7 Å². The van der Waals surface area contributed by atoms with Gasteiger partial charge in [-0.05, 0) is 29.3 Å². The molecule has 0 atom stereocenters. The molecule has 0 saturated carbocycles. The topological polar surface area (TPSA) is 120 Å². The normalized spacial score (nSPS) is 10.6. The number of quaternary nitrogens is 1. The summed E-state index contributed by atoms with van der Waals surface area (Å²) in [6.45, 7) is 0. The Bertz CT molecular complexity index is 664. The highest BCUT2D eigenvalue weighted by molar-refractivity contribution is 6.19. The molecule has 4 N–H and O–H groups in total. The quantitative estimate of drug-likeness (QED) is 0.401. The summed E-state index contributed by atoms with van der Waals surface area (Å²) in [5, 5.41) is 21.7. The molecule has 0 unspecified atom stereocenters. The van der Waals surface area contributed by atoms with Gasteiger partial charge in [-0.3, -0.25) is 10.1 Å². The molecule has 6 nitrogen and oxygen atoms in total. The molecule has 0 aromatic heterocycles. The van der Waals surface area contributed by atoms with E-state index in [1.165, 1.54) is 30.3 Å². The van der Waals surface area contributed by atoms with Crippen LogP contribution < -0.4 is 11.3 Å². The molecular formula is C15H14N2O4. The zero-order valence-corrected chi connectivity index (χ0v) is 11.4. The Hall–Kier alpha value is -2.99. The van der Waals surface area contributed by atoms with E-state index in [4.69, 9.17) is 0 Å². The van der Waals surface area contributed by atoms with Crippen LogP contribution in [0.25, 0.3) is 11.6 Å². The first kappa shape index (κ1) is 16.1. The molecule has 0 bridgehead atoms. The molecule has 2 aromatic carbocycles. The zero-order chi connectivity index (χ0) is 14.5. The Morgan fingerprint density at radius 1 is 1.00 bits per heavy atom. The first-order valence-corrected chi connectivity index (χ1v) is 5.81. The molecule has 0 aliphatic heterocycles. The molecule has 0 saturated heterocycles. The van der Waals surface area contributed by atoms with Gasteiger partial charge in [0.1, 0.15) is 0 Å². The lowest BCUT2D eigenvalue weighted by atomic mass is 10.0. The number of carboxylic acid groups (broad SMARTS) is 1. The van der Waals surface area contributed by atoms with Gasteiger partial charge in [-0.2, -0.15) is 0 Å². The molecule has 0 aliphatic carbocycles. The standard InChI is InChI=1S/C15H11NO4.H3N/c17-15(18)14(12-4-2-1-3-5-12)10-11-6-8-13(9-7-11)16(19)20;/h1-10H,(H,17,18);1H3/b14-10+;. The second-order valence-electron chi connectivity index (χ2n) is 4.06. The van der Waals surface area contributed by atoms with Crippen molar-refractivity contribution in [3.63, 3.8) is 0 Å². The van der Waals surface area contributed by atoms with E-state index in [2.05, 4.69) is 0 Å². The molecule has 6 heteroatoms. The lowest BCUT2D eigenvalue weighted by molar-refractivity contribution is -0.384. The molecule has 2 aromatic rings. The Morgan fingerprint density at radius 2 is 1.57 bits per heavy atom. The minimum Gasteiger partial charge on any atom is -0.545 e. The van der Waals surface area contributed by atoms with Crippen LogP contribution in [0.4, 0.5) is 5.69 Å². The number of non-ortho nitro benzene ring substituents is 1. The maximum absolute atomic E-state index is 11.2. The van der Waals surface area contributed by atoms with E-state index in [0.29, 0.717) is 11.1 Å². The predicted octanol–water partition coefficient (Wildman–Crippen LogP) is 2.26. The van der Waals surface area contributed by atoms with E-state index >= 15 is 0 Å². The Kier molecular flexibility index (Phi) is 5.33. The summed E-state index contributed by atoms with van der Waals surface area (Å²) in [6.07, 6.45) is 1.42. The summed E-state index contributed by atoms with van der Waals surface area (Å²) in [7, 11) is 0. The van der Waals surface area contributed by atoms with Crippen molar-refractivity contribution in [2.24, 2.45) is 0 Å². The van der Waals surface area contributed by atoms with E-state index in [1.54, 1.807) is 30.3 Å². The largest absolute Gasteiger partial charge is 0.545 e. The second-order valence-corrected chi connectivity index (χ2v) is 4.06. The van der Waals surface area contributed by atoms with Crippen molar-refractivity contribution >= 4 is 23.3 Å². The fourth-order valence-corrected chi connectivity index (χ4v) is 1.74. The molecule has 21 heavy (non-hydrogen) atoms. The highest BCUT2D eigenvalue weighted by Crippen LogP contribution is 2.19. The zero-order valence-electron chi connectivity index (χ0n) is 11.4. The average molecular weight is 286 g/mol. The van der Waals surface area contributed by atoms with Gasteiger partial charge in [-0.1, -0.05) is 30.3 Å². The summed E-state index contributed by atoms with van der Waals surface area (Å²) < 4.78 is 0. The van der Waals surface area contributed by atoms with Crippen molar-refractivity contribution in [2.75, 3.05) is 0 Å². The fourth-order valence-electron chi connectivity index (χ4n) is 1.74. The number of rotatable bonds is 4. The highest BCUT2D eigenvalue weighted by Gasteiger charge is 2.05. The fraction of sp³-hybridized carbons (Fsp3) is 0. The number of nitrogens with zero attached hydrogens (tertiary/aromatic N) is 1. The summed E-state index contributed by atoms with van der Waals surface area (Å²) in [4.78, 5) is 21.2. The number of carboxylic acids is 1. The number of benzene rings is 2. The lowest BCUT2D eigenvalue weighted by Crippen LogP contribution is -2.23. The highest BCUT2D eigenvalue weighted by atomic mass is 16.6. The van der Waals surface area contributed by atoms with Crippen LogP contribution in [0, 0.1) is 10.1 Å². The van der Waals surface area contributed by atoms with Crippen molar-refractivity contribution in [1.29, 1.82) is 0 Å². The molecule has 0 heterocycles. The molecule has 0 aliphatic rings. The predicted molar refractivity (Wildman–Crippen MR) is 78.4 cm³/mol. The van der Waals surface area contributed by atoms with Crippen molar-refractivity contribution in [1.82, 2.24) is 6.15 Å². The third-order valence-electron chi connectivity index (χ3n) is 2.72. The smallest absolute Gasteiger partial charge is 0.269 e. The van der Waals surface area contributed by atoms with Crippen LogP contribution >= 0.6 is 0 Å². The number of nitro benzene ring substituents is 1. The first-order valence-electron chi connectivity index (χ1n) is 5.81. The number of hydrogen-bond donors (Lipinski definition) is 1. The minimum absolute atomic E-state index is 0. The van der Waals surface area contributed by atoms with Crippen LogP contribution in [-0.4, -0.2) is 10.9 Å². The number of carbonyl (C=O) groups is 1. The molecule has 0 amide bonds. The molecule has 108 valence electrons. The van der Waals surface area contributed by atoms with Gasteiger partial charge in [0.25, 0.3) is 5.69 Å². The van der Waals surface area contributed by atoms with Gasteiger partial charge < -0.3 is 16.1 Å². The van der Waals surface area contributed by atoms with Gasteiger partial charge in [-0.25, -0.2) is 0 Å². The lowest BCUT2D eigenvalue weighted by Gasteiger charge is -2.09. The molecule has 0 spiro atoms. The van der Waals surface area contributed by atoms with E-state index in [1.807, 2.05) is 0 Å². The van der Waals surface area contributed by atoms with Crippen LogP contribution in [0.2, 0.25) is 0 Å². The van der Waals surface area contributed by atoms with Crippen LogP contribution in [0.1, 0.15) is 11.1 Å². The van der Waals surface area contributed by atoms with Gasteiger partial charge in [0.2, 0.25) is 0 Å². The van der Waals surface area contributed by atoms with E-state index < -0.39 is 10.9 Å². The minimum atomic E-state index is -1.30. The Morgan fingerprint density at radius 3 is 2.05 bits per heavy atom. The molecule has 0 radical (unpaired) electrons. The van der Waals surface area contributed by atoms with Gasteiger partial charge in [0.05, 0.1) is 10.9 Å². The van der Waals surface area contributed by atoms with Crippen molar-refractivity contribution < 1.29 is 14.8 Å². The van der Waals surface area contributed by atoms with Crippen molar-refractivity contribution in [3.8, 4) is 0 Å². The van der Waals surface area contributed by atoms with Crippen LogP contribution in [-0.2, 0) is 4.79 Å². The number of hydrogen-bond acceptors (Lipinski definition) is 4. The molecule has 0 fully saturated rings. The third-order valence-corrected chi connectivity index (χ3v) is 2.72. The van der Waals surface area contributed by atoms with E-state index in [0.717, 1.165) is 0 Å². The van der Waals surface area contributed by atoms with Gasteiger partial charge in [-0.15, -0.1) is 0 Å². The first-order chi connectivity index (χ1) is 9.58. The molecular weight excluding hydrogens is 272 g/mol. The van der Waals surface area contributed by atoms with Crippen LogP contribution in [0.5, 0.6) is 0 Å². The van der Waals surface area contributed by atoms with Crippen molar-refractivity contribution in [2.45, 2.75) is 0 Å². The monoisotopic (exact) mass is 286 g/mol. The summed E-state index contributed by atoms with van der Waals surface area (Å²) in [5.41, 5.74) is 1.06. The second kappa shape index (κ2) is 6.97. The maximum Gasteiger partial charge on any atom is 0.269 e. The van der Waals surface area contributed by atoms with E-state index in [-0.39, 0.29) is 17.4 Å². The van der Waals surface area contributed by atoms with Gasteiger partial charge >= 0.3 is 0 Å². The number of aliphatic carboxylic acids is 1. The van der Waals surface area contributed by atoms with E-state index in [9.17, 15) is 20.0 Å². The third kappa shape index (κ3) is 3.99. The van der Waals surface area contributed by atoms with Gasteiger partial charge in [0.15, 0.2) is 0 Å².